The molecule has 2 aromatic heterocycles. The van der Waals surface area contributed by atoms with E-state index in [0.29, 0.717) is 18.2 Å². The molecule has 2 heterocycles. The van der Waals surface area contributed by atoms with Gasteiger partial charge >= 0.3 is 12.0 Å². The summed E-state index contributed by atoms with van der Waals surface area (Å²) in [5.41, 5.74) is 3.08. The van der Waals surface area contributed by atoms with Gasteiger partial charge in [0.25, 0.3) is 0 Å². The van der Waals surface area contributed by atoms with Gasteiger partial charge in [0.15, 0.2) is 0 Å². The number of rotatable bonds is 7. The molecule has 0 fully saturated rings. The SMILES string of the molecule is CC(C)c1nc(CN(C)C(=O)N[C@@H](Cc2cscn2)C(=O)O)cs1. The van der Waals surface area contributed by atoms with Crippen molar-refractivity contribution in [3.8, 4) is 0 Å². The van der Waals surface area contributed by atoms with Gasteiger partial charge in [-0.3, -0.25) is 0 Å². The van der Waals surface area contributed by atoms with Gasteiger partial charge in [0.05, 0.1) is 28.5 Å². The first-order chi connectivity index (χ1) is 11.4. The molecule has 1 atom stereocenters. The van der Waals surface area contributed by atoms with E-state index < -0.39 is 18.0 Å². The van der Waals surface area contributed by atoms with Gasteiger partial charge in [-0.15, -0.1) is 22.7 Å². The summed E-state index contributed by atoms with van der Waals surface area (Å²) < 4.78 is 0. The minimum Gasteiger partial charge on any atom is -0.480 e. The Morgan fingerprint density at radius 1 is 1.33 bits per heavy atom. The van der Waals surface area contributed by atoms with Gasteiger partial charge in [-0.2, -0.15) is 0 Å². The molecular formula is C15H20N4O3S2. The van der Waals surface area contributed by atoms with Crippen LogP contribution in [0.3, 0.4) is 0 Å². The van der Waals surface area contributed by atoms with Crippen LogP contribution in [0.15, 0.2) is 16.3 Å². The van der Waals surface area contributed by atoms with Crippen molar-refractivity contribution in [2.45, 2.75) is 38.8 Å². The molecule has 0 aliphatic carbocycles. The quantitative estimate of drug-likeness (QED) is 0.783. The molecule has 24 heavy (non-hydrogen) atoms. The van der Waals surface area contributed by atoms with Crippen LogP contribution in [0.1, 0.15) is 36.2 Å². The van der Waals surface area contributed by atoms with Gasteiger partial charge in [0.1, 0.15) is 6.04 Å². The van der Waals surface area contributed by atoms with Gasteiger partial charge < -0.3 is 15.3 Å². The Bertz CT molecular complexity index is 685. The van der Waals surface area contributed by atoms with Crippen molar-refractivity contribution in [2.75, 3.05) is 7.05 Å². The number of carbonyl (C=O) groups is 2. The minimum absolute atomic E-state index is 0.159. The normalized spacial score (nSPS) is 12.2. The van der Waals surface area contributed by atoms with Crippen LogP contribution in [0, 0.1) is 0 Å². The number of amides is 2. The minimum atomic E-state index is -1.08. The number of carboxylic acid groups (broad SMARTS) is 1. The second-order valence-electron chi connectivity index (χ2n) is 5.71. The van der Waals surface area contributed by atoms with E-state index in [0.717, 1.165) is 10.7 Å². The van der Waals surface area contributed by atoms with Gasteiger partial charge in [-0.1, -0.05) is 13.8 Å². The van der Waals surface area contributed by atoms with Crippen LogP contribution in [0.2, 0.25) is 0 Å². The first-order valence-corrected chi connectivity index (χ1v) is 9.25. The Morgan fingerprint density at radius 2 is 2.08 bits per heavy atom. The molecule has 130 valence electrons. The van der Waals surface area contributed by atoms with Crippen LogP contribution in [-0.2, 0) is 17.8 Å². The zero-order valence-corrected chi connectivity index (χ0v) is 15.4. The molecule has 2 rings (SSSR count). The number of hydrogen-bond donors (Lipinski definition) is 2. The average Bonchev–Trinajstić information content (AvgIpc) is 3.17. The standard InChI is InChI=1S/C15H20N4O3S2/c1-9(2)13-17-11(7-24-13)5-19(3)15(22)18-12(14(20)21)4-10-6-23-8-16-10/h6-9,12H,4-5H2,1-3H3,(H,18,22)(H,20,21)/t12-/m0/s1. The molecular weight excluding hydrogens is 348 g/mol. The molecule has 7 nitrogen and oxygen atoms in total. The molecule has 2 amide bonds. The average molecular weight is 368 g/mol. The summed E-state index contributed by atoms with van der Waals surface area (Å²) in [4.78, 5) is 33.6. The van der Waals surface area contributed by atoms with Crippen LogP contribution in [0.4, 0.5) is 4.79 Å². The van der Waals surface area contributed by atoms with Gasteiger partial charge in [0.2, 0.25) is 0 Å². The maximum Gasteiger partial charge on any atom is 0.326 e. The molecule has 0 spiro atoms. The van der Waals surface area contributed by atoms with Crippen molar-refractivity contribution in [1.29, 1.82) is 0 Å². The number of carbonyl (C=O) groups excluding carboxylic acids is 1. The smallest absolute Gasteiger partial charge is 0.326 e. The number of aliphatic carboxylic acids is 1. The highest BCUT2D eigenvalue weighted by molar-refractivity contribution is 7.09. The monoisotopic (exact) mass is 368 g/mol. The van der Waals surface area contributed by atoms with Crippen LogP contribution >= 0.6 is 22.7 Å². The largest absolute Gasteiger partial charge is 0.480 e. The van der Waals surface area contributed by atoms with E-state index >= 15 is 0 Å². The molecule has 0 aromatic carbocycles. The zero-order chi connectivity index (χ0) is 17.7. The number of carboxylic acids is 1. The fourth-order valence-electron chi connectivity index (χ4n) is 1.98. The van der Waals surface area contributed by atoms with Crippen molar-refractivity contribution in [3.05, 3.63) is 32.7 Å². The Hall–Kier alpha value is -2.00. The van der Waals surface area contributed by atoms with E-state index in [1.807, 2.05) is 5.38 Å². The highest BCUT2D eigenvalue weighted by atomic mass is 32.1. The second kappa shape index (κ2) is 8.20. The summed E-state index contributed by atoms with van der Waals surface area (Å²) in [6, 6.07) is -1.46. The molecule has 0 saturated heterocycles. The fraction of sp³-hybridized carbons (Fsp3) is 0.467. The maximum absolute atomic E-state index is 12.2. The first kappa shape index (κ1) is 18.3. The van der Waals surface area contributed by atoms with Crippen LogP contribution < -0.4 is 5.32 Å². The van der Waals surface area contributed by atoms with E-state index in [2.05, 4.69) is 29.1 Å². The number of thiazole rings is 2. The highest BCUT2D eigenvalue weighted by Crippen LogP contribution is 2.19. The molecule has 0 aliphatic heterocycles. The first-order valence-electron chi connectivity index (χ1n) is 7.42. The zero-order valence-electron chi connectivity index (χ0n) is 13.7. The molecule has 2 aromatic rings. The Kier molecular flexibility index (Phi) is 6.27. The van der Waals surface area contributed by atoms with E-state index in [4.69, 9.17) is 0 Å². The lowest BCUT2D eigenvalue weighted by atomic mass is 10.2. The van der Waals surface area contributed by atoms with Gasteiger partial charge in [-0.25, -0.2) is 19.6 Å². The third-order valence-electron chi connectivity index (χ3n) is 3.30. The number of nitrogens with one attached hydrogen (secondary N) is 1. The lowest BCUT2D eigenvalue weighted by molar-refractivity contribution is -0.139. The van der Waals surface area contributed by atoms with Crippen LogP contribution in [0.5, 0.6) is 0 Å². The Labute approximate surface area is 148 Å². The summed E-state index contributed by atoms with van der Waals surface area (Å²) in [5.74, 6) is -0.738. The predicted octanol–water partition coefficient (Wildman–Crippen LogP) is 2.56. The molecule has 0 bridgehead atoms. The maximum atomic E-state index is 12.2. The molecule has 0 unspecified atom stereocenters. The number of nitrogens with zero attached hydrogens (tertiary/aromatic N) is 3. The lowest BCUT2D eigenvalue weighted by Gasteiger charge is -2.20. The van der Waals surface area contributed by atoms with Crippen molar-refractivity contribution in [1.82, 2.24) is 20.2 Å². The van der Waals surface area contributed by atoms with E-state index in [1.54, 1.807) is 29.3 Å². The fourth-order valence-corrected chi connectivity index (χ4v) is 3.38. The summed E-state index contributed by atoms with van der Waals surface area (Å²) in [6.07, 6.45) is 0.159. The van der Waals surface area contributed by atoms with Crippen molar-refractivity contribution >= 4 is 34.7 Å². The predicted molar refractivity (Wildman–Crippen MR) is 93.4 cm³/mol. The molecule has 0 radical (unpaired) electrons. The van der Waals surface area contributed by atoms with Crippen LogP contribution in [0.25, 0.3) is 0 Å². The van der Waals surface area contributed by atoms with Gasteiger partial charge in [0, 0.05) is 30.1 Å². The van der Waals surface area contributed by atoms with Crippen molar-refractivity contribution in [2.24, 2.45) is 0 Å². The Morgan fingerprint density at radius 3 is 2.62 bits per heavy atom. The molecule has 0 aliphatic rings. The van der Waals surface area contributed by atoms with Crippen LogP contribution in [-0.4, -0.2) is 45.1 Å². The number of urea groups is 1. The summed E-state index contributed by atoms with van der Waals surface area (Å²) in [6.45, 7) is 4.46. The van der Waals surface area contributed by atoms with Gasteiger partial charge in [-0.05, 0) is 0 Å². The third kappa shape index (κ3) is 5.00. The molecule has 0 saturated carbocycles. The third-order valence-corrected chi connectivity index (χ3v) is 5.13. The summed E-state index contributed by atoms with van der Waals surface area (Å²) in [7, 11) is 1.62. The summed E-state index contributed by atoms with van der Waals surface area (Å²) in [5, 5.41) is 16.5. The number of aromatic nitrogens is 2. The van der Waals surface area contributed by atoms with E-state index in [9.17, 15) is 14.7 Å². The Balaban J connectivity index is 1.94. The molecule has 2 N–H and O–H groups in total. The summed E-state index contributed by atoms with van der Waals surface area (Å²) >= 11 is 2.95. The highest BCUT2D eigenvalue weighted by Gasteiger charge is 2.23. The van der Waals surface area contributed by atoms with E-state index in [1.165, 1.54) is 16.2 Å². The topological polar surface area (TPSA) is 95.4 Å². The van der Waals surface area contributed by atoms with E-state index in [-0.39, 0.29) is 6.42 Å². The second-order valence-corrected chi connectivity index (χ2v) is 7.32. The lowest BCUT2D eigenvalue weighted by Crippen LogP contribution is -2.47. The van der Waals surface area contributed by atoms with Crippen molar-refractivity contribution in [3.63, 3.8) is 0 Å². The number of hydrogen-bond acceptors (Lipinski definition) is 6. The molecule has 9 heteroatoms. The van der Waals surface area contributed by atoms with Crippen molar-refractivity contribution < 1.29 is 14.7 Å².